The quantitative estimate of drug-likeness (QED) is 0.620. The molecule has 0 aliphatic carbocycles. The van der Waals surface area contributed by atoms with E-state index in [9.17, 15) is 0 Å². The highest BCUT2D eigenvalue weighted by Crippen LogP contribution is 2.28. The molecule has 1 aromatic heterocycles. The molecule has 1 N–H and O–H groups in total. The number of benzene rings is 2. The predicted molar refractivity (Wildman–Crippen MR) is 68.8 cm³/mol. The van der Waals surface area contributed by atoms with Crippen molar-refractivity contribution in [1.29, 1.82) is 0 Å². The summed E-state index contributed by atoms with van der Waals surface area (Å²) in [7, 11) is 1.90. The first-order valence-electron chi connectivity index (χ1n) is 5.34. The van der Waals surface area contributed by atoms with Crippen LogP contribution in [0.25, 0.3) is 21.5 Å². The lowest BCUT2D eigenvalue weighted by molar-refractivity contribution is 1.32. The number of rotatable bonds is 1. The number of anilines is 1. The maximum atomic E-state index is 4.32. The van der Waals surface area contributed by atoms with Crippen LogP contribution < -0.4 is 5.32 Å². The van der Waals surface area contributed by atoms with Gasteiger partial charge >= 0.3 is 0 Å². The molecule has 1 heterocycles. The first-order valence-corrected chi connectivity index (χ1v) is 5.34. The normalized spacial score (nSPS) is 10.8. The highest BCUT2D eigenvalue weighted by Gasteiger charge is 2.03. The first kappa shape index (κ1) is 9.16. The molecule has 0 radical (unpaired) electrons. The minimum absolute atomic E-state index is 0.934. The Labute approximate surface area is 93.9 Å². The highest BCUT2D eigenvalue weighted by atomic mass is 14.9. The number of fused-ring (bicyclic) bond motifs is 3. The number of hydrogen-bond donors (Lipinski definition) is 1. The van der Waals surface area contributed by atoms with Gasteiger partial charge in [-0.15, -0.1) is 0 Å². The fourth-order valence-corrected chi connectivity index (χ4v) is 2.14. The van der Waals surface area contributed by atoms with Crippen LogP contribution in [0.5, 0.6) is 0 Å². The van der Waals surface area contributed by atoms with Gasteiger partial charge in [0.2, 0.25) is 0 Å². The Morgan fingerprint density at radius 1 is 0.875 bits per heavy atom. The Bertz CT molecular complexity index is 659. The van der Waals surface area contributed by atoms with Gasteiger partial charge in [0.25, 0.3) is 0 Å². The molecule has 2 heteroatoms. The van der Waals surface area contributed by atoms with Crippen LogP contribution in [-0.2, 0) is 0 Å². The summed E-state index contributed by atoms with van der Waals surface area (Å²) in [6.45, 7) is 0. The summed E-state index contributed by atoms with van der Waals surface area (Å²) >= 11 is 0. The van der Waals surface area contributed by atoms with E-state index in [1.165, 1.54) is 21.5 Å². The van der Waals surface area contributed by atoms with Crippen LogP contribution in [0.3, 0.4) is 0 Å². The lowest BCUT2D eigenvalue weighted by Crippen LogP contribution is -1.92. The fourth-order valence-electron chi connectivity index (χ4n) is 2.14. The molecule has 0 fully saturated rings. The van der Waals surface area contributed by atoms with Gasteiger partial charge in [-0.3, -0.25) is 0 Å². The molecular formula is C14H12N2. The summed E-state index contributed by atoms with van der Waals surface area (Å²) in [4.78, 5) is 4.32. The standard InChI is InChI=1S/C14H12N2/c1-15-14-13-7-6-10-4-2-3-5-11(10)12(13)8-9-16-14/h2-9H,1H3,(H,15,16). The smallest absolute Gasteiger partial charge is 0.133 e. The topological polar surface area (TPSA) is 24.9 Å². The average Bonchev–Trinajstić information content (AvgIpc) is 2.37. The zero-order valence-electron chi connectivity index (χ0n) is 9.07. The van der Waals surface area contributed by atoms with Gasteiger partial charge in [-0.2, -0.15) is 0 Å². The first-order chi connectivity index (χ1) is 7.90. The summed E-state index contributed by atoms with van der Waals surface area (Å²) in [5.74, 6) is 0.934. The number of hydrogen-bond acceptors (Lipinski definition) is 2. The summed E-state index contributed by atoms with van der Waals surface area (Å²) in [5, 5.41) is 8.08. The Morgan fingerprint density at radius 3 is 2.62 bits per heavy atom. The van der Waals surface area contributed by atoms with Crippen molar-refractivity contribution in [3.8, 4) is 0 Å². The van der Waals surface area contributed by atoms with Gasteiger partial charge in [-0.25, -0.2) is 4.98 Å². The van der Waals surface area contributed by atoms with E-state index in [1.807, 2.05) is 13.2 Å². The summed E-state index contributed by atoms with van der Waals surface area (Å²) in [6.07, 6.45) is 1.85. The van der Waals surface area contributed by atoms with Crippen LogP contribution in [0.2, 0.25) is 0 Å². The summed E-state index contributed by atoms with van der Waals surface area (Å²) < 4.78 is 0. The molecule has 0 bridgehead atoms. The molecule has 0 spiro atoms. The highest BCUT2D eigenvalue weighted by molar-refractivity contribution is 6.10. The van der Waals surface area contributed by atoms with Crippen LogP contribution in [0.1, 0.15) is 0 Å². The Kier molecular flexibility index (Phi) is 2.00. The third-order valence-electron chi connectivity index (χ3n) is 2.91. The van der Waals surface area contributed by atoms with Crippen molar-refractivity contribution in [2.75, 3.05) is 12.4 Å². The Morgan fingerprint density at radius 2 is 1.75 bits per heavy atom. The van der Waals surface area contributed by atoms with Gasteiger partial charge in [0, 0.05) is 18.6 Å². The second-order valence-electron chi connectivity index (χ2n) is 3.79. The van der Waals surface area contributed by atoms with E-state index in [0.717, 1.165) is 5.82 Å². The zero-order chi connectivity index (χ0) is 11.0. The van der Waals surface area contributed by atoms with Gasteiger partial charge < -0.3 is 5.32 Å². The van der Waals surface area contributed by atoms with Crippen molar-refractivity contribution in [2.24, 2.45) is 0 Å². The maximum absolute atomic E-state index is 4.32. The maximum Gasteiger partial charge on any atom is 0.133 e. The molecule has 3 aromatic rings. The van der Waals surface area contributed by atoms with Crippen LogP contribution in [-0.4, -0.2) is 12.0 Å². The fraction of sp³-hybridized carbons (Fsp3) is 0.0714. The lowest BCUT2D eigenvalue weighted by atomic mass is 10.0. The second kappa shape index (κ2) is 3.49. The molecule has 0 unspecified atom stereocenters. The van der Waals surface area contributed by atoms with Crippen LogP contribution in [0.15, 0.2) is 48.7 Å². The van der Waals surface area contributed by atoms with Crippen molar-refractivity contribution >= 4 is 27.4 Å². The third-order valence-corrected chi connectivity index (χ3v) is 2.91. The minimum atomic E-state index is 0.934. The van der Waals surface area contributed by atoms with E-state index in [0.29, 0.717) is 0 Å². The minimum Gasteiger partial charge on any atom is -0.373 e. The van der Waals surface area contributed by atoms with Gasteiger partial charge in [-0.1, -0.05) is 36.4 Å². The van der Waals surface area contributed by atoms with Crippen molar-refractivity contribution in [1.82, 2.24) is 4.98 Å². The van der Waals surface area contributed by atoms with Crippen molar-refractivity contribution in [2.45, 2.75) is 0 Å². The summed E-state index contributed by atoms with van der Waals surface area (Å²) in [5.41, 5.74) is 0. The molecule has 0 atom stereocenters. The third kappa shape index (κ3) is 1.23. The van der Waals surface area contributed by atoms with Gasteiger partial charge in [0.1, 0.15) is 5.82 Å². The SMILES string of the molecule is CNc1nccc2c1ccc1ccccc12. The van der Waals surface area contributed by atoms with E-state index in [-0.39, 0.29) is 0 Å². The van der Waals surface area contributed by atoms with Gasteiger partial charge in [-0.05, 0) is 22.2 Å². The molecule has 2 nitrogen and oxygen atoms in total. The molecule has 16 heavy (non-hydrogen) atoms. The molecule has 2 aromatic carbocycles. The zero-order valence-corrected chi connectivity index (χ0v) is 9.07. The van der Waals surface area contributed by atoms with E-state index in [1.54, 1.807) is 0 Å². The molecule has 78 valence electrons. The molecule has 0 amide bonds. The Hall–Kier alpha value is -2.09. The largest absolute Gasteiger partial charge is 0.373 e. The van der Waals surface area contributed by atoms with E-state index < -0.39 is 0 Å². The van der Waals surface area contributed by atoms with E-state index >= 15 is 0 Å². The average molecular weight is 208 g/mol. The number of nitrogens with zero attached hydrogens (tertiary/aromatic N) is 1. The number of pyridine rings is 1. The van der Waals surface area contributed by atoms with E-state index in [4.69, 9.17) is 0 Å². The van der Waals surface area contributed by atoms with Gasteiger partial charge in [0.15, 0.2) is 0 Å². The predicted octanol–water partition coefficient (Wildman–Crippen LogP) is 3.43. The number of aromatic nitrogens is 1. The van der Waals surface area contributed by atoms with Crippen LogP contribution in [0, 0.1) is 0 Å². The van der Waals surface area contributed by atoms with E-state index in [2.05, 4.69) is 52.8 Å². The molecular weight excluding hydrogens is 196 g/mol. The molecule has 0 saturated carbocycles. The lowest BCUT2D eigenvalue weighted by Gasteiger charge is -2.07. The molecule has 3 rings (SSSR count). The second-order valence-corrected chi connectivity index (χ2v) is 3.79. The number of nitrogens with one attached hydrogen (secondary N) is 1. The van der Waals surface area contributed by atoms with Crippen molar-refractivity contribution < 1.29 is 0 Å². The van der Waals surface area contributed by atoms with Crippen molar-refractivity contribution in [3.05, 3.63) is 48.7 Å². The van der Waals surface area contributed by atoms with Crippen LogP contribution >= 0.6 is 0 Å². The Balaban J connectivity index is 2.52. The molecule has 0 aliphatic rings. The molecule has 0 aliphatic heterocycles. The summed E-state index contributed by atoms with van der Waals surface area (Å²) in [6, 6.07) is 14.7. The molecule has 0 saturated heterocycles. The van der Waals surface area contributed by atoms with Crippen LogP contribution in [0.4, 0.5) is 5.82 Å². The monoisotopic (exact) mass is 208 g/mol. The van der Waals surface area contributed by atoms with Gasteiger partial charge in [0.05, 0.1) is 0 Å². The van der Waals surface area contributed by atoms with Crippen molar-refractivity contribution in [3.63, 3.8) is 0 Å².